The van der Waals surface area contributed by atoms with Gasteiger partial charge in [-0.25, -0.2) is 9.97 Å². The number of rotatable bonds is 2. The third kappa shape index (κ3) is 1.80. The minimum Gasteiger partial charge on any atom is -0.342 e. The van der Waals surface area contributed by atoms with Gasteiger partial charge >= 0.3 is 0 Å². The molecule has 0 radical (unpaired) electrons. The van der Waals surface area contributed by atoms with Crippen LogP contribution < -0.4 is 0 Å². The highest BCUT2D eigenvalue weighted by Crippen LogP contribution is 2.22. The Bertz CT molecular complexity index is 668. The van der Waals surface area contributed by atoms with Gasteiger partial charge in [-0.1, -0.05) is 6.07 Å². The molecule has 17 heavy (non-hydrogen) atoms. The highest BCUT2D eigenvalue weighted by molar-refractivity contribution is 6.16. The van der Waals surface area contributed by atoms with Crippen LogP contribution in [-0.4, -0.2) is 19.9 Å². The number of alkyl halides is 1. The summed E-state index contributed by atoms with van der Waals surface area (Å²) in [6.07, 6.45) is 1.79. The molecular formula is C12H11ClN4. The van der Waals surface area contributed by atoms with Gasteiger partial charge in [-0.15, -0.1) is 11.6 Å². The first-order chi connectivity index (χ1) is 8.26. The Morgan fingerprint density at radius 3 is 2.94 bits per heavy atom. The molecule has 0 amide bonds. The van der Waals surface area contributed by atoms with Crippen molar-refractivity contribution in [3.05, 3.63) is 36.0 Å². The van der Waals surface area contributed by atoms with E-state index in [4.69, 9.17) is 11.6 Å². The number of hydrogen-bond donors (Lipinski definition) is 2. The summed E-state index contributed by atoms with van der Waals surface area (Å²) in [5.74, 6) is 2.09. The second-order valence-electron chi connectivity index (χ2n) is 3.93. The van der Waals surface area contributed by atoms with Crippen LogP contribution in [0.5, 0.6) is 0 Å². The molecular weight excluding hydrogens is 236 g/mol. The van der Waals surface area contributed by atoms with Gasteiger partial charge in [0.2, 0.25) is 0 Å². The largest absolute Gasteiger partial charge is 0.342 e. The molecule has 2 aromatic heterocycles. The molecule has 4 nitrogen and oxygen atoms in total. The predicted octanol–water partition coefficient (Wildman–Crippen LogP) is 3.00. The smallest absolute Gasteiger partial charge is 0.121 e. The van der Waals surface area contributed by atoms with Crippen molar-refractivity contribution in [2.45, 2.75) is 12.8 Å². The predicted molar refractivity (Wildman–Crippen MR) is 68.0 cm³/mol. The summed E-state index contributed by atoms with van der Waals surface area (Å²) in [4.78, 5) is 14.9. The average Bonchev–Trinajstić information content (AvgIpc) is 2.92. The Hall–Kier alpha value is -1.81. The number of nitrogens with one attached hydrogen (secondary N) is 2. The molecule has 0 fully saturated rings. The first-order valence-electron chi connectivity index (χ1n) is 5.33. The van der Waals surface area contributed by atoms with E-state index >= 15 is 0 Å². The van der Waals surface area contributed by atoms with Gasteiger partial charge in [0.15, 0.2) is 0 Å². The summed E-state index contributed by atoms with van der Waals surface area (Å²) in [6.45, 7) is 1.95. The molecule has 0 saturated carbocycles. The Labute approximate surface area is 103 Å². The Kier molecular flexibility index (Phi) is 2.37. The Morgan fingerprint density at radius 1 is 1.29 bits per heavy atom. The Morgan fingerprint density at radius 2 is 2.18 bits per heavy atom. The van der Waals surface area contributed by atoms with Crippen LogP contribution in [0.25, 0.3) is 22.3 Å². The molecule has 1 aromatic carbocycles. The number of imidazole rings is 2. The number of hydrogen-bond acceptors (Lipinski definition) is 2. The molecule has 0 spiro atoms. The van der Waals surface area contributed by atoms with Crippen molar-refractivity contribution < 1.29 is 0 Å². The summed E-state index contributed by atoms with van der Waals surface area (Å²) in [5, 5.41) is 0. The van der Waals surface area contributed by atoms with Gasteiger partial charge in [-0.05, 0) is 19.1 Å². The number of nitrogens with zero attached hydrogens (tertiary/aromatic N) is 2. The van der Waals surface area contributed by atoms with E-state index in [0.29, 0.717) is 5.88 Å². The third-order valence-corrected chi connectivity index (χ3v) is 2.92. The first kappa shape index (κ1) is 10.4. The molecule has 0 aliphatic rings. The van der Waals surface area contributed by atoms with Crippen LogP contribution in [0.15, 0.2) is 24.4 Å². The summed E-state index contributed by atoms with van der Waals surface area (Å²) in [5.41, 5.74) is 4.05. The maximum Gasteiger partial charge on any atom is 0.121 e. The number of aryl methyl sites for hydroxylation is 1. The standard InChI is InChI=1S/C12H11ClN4/c1-7-15-9-3-2-8(4-10(9)16-7)11-6-14-12(5-13)17-11/h2-4,6H,5H2,1H3,(H,14,17)(H,15,16). The van der Waals surface area contributed by atoms with Gasteiger partial charge in [0.05, 0.1) is 28.8 Å². The van der Waals surface area contributed by atoms with E-state index in [-0.39, 0.29) is 0 Å². The van der Waals surface area contributed by atoms with Crippen LogP contribution in [0.2, 0.25) is 0 Å². The SMILES string of the molecule is Cc1nc2ccc(-c3cnc(CCl)[nH]3)cc2[nH]1. The van der Waals surface area contributed by atoms with Crippen molar-refractivity contribution in [1.29, 1.82) is 0 Å². The minimum absolute atomic E-state index is 0.394. The monoisotopic (exact) mass is 246 g/mol. The van der Waals surface area contributed by atoms with Crippen LogP contribution in [0.4, 0.5) is 0 Å². The van der Waals surface area contributed by atoms with Crippen LogP contribution in [0, 0.1) is 6.92 Å². The maximum atomic E-state index is 5.72. The number of fused-ring (bicyclic) bond motifs is 1. The lowest BCUT2D eigenvalue weighted by Gasteiger charge is -1.97. The van der Waals surface area contributed by atoms with E-state index in [1.807, 2.05) is 19.1 Å². The van der Waals surface area contributed by atoms with Gasteiger partial charge in [0.1, 0.15) is 11.6 Å². The summed E-state index contributed by atoms with van der Waals surface area (Å²) in [7, 11) is 0. The quantitative estimate of drug-likeness (QED) is 0.683. The van der Waals surface area contributed by atoms with Crippen molar-refractivity contribution in [2.75, 3.05) is 0 Å². The number of benzene rings is 1. The van der Waals surface area contributed by atoms with Crippen LogP contribution >= 0.6 is 11.6 Å². The number of aromatic amines is 2. The van der Waals surface area contributed by atoms with Crippen molar-refractivity contribution in [2.24, 2.45) is 0 Å². The average molecular weight is 247 g/mol. The molecule has 0 atom stereocenters. The lowest BCUT2D eigenvalue weighted by molar-refractivity contribution is 1.12. The molecule has 2 heterocycles. The number of aromatic nitrogens is 4. The molecule has 0 saturated heterocycles. The van der Waals surface area contributed by atoms with Crippen molar-refractivity contribution >= 4 is 22.6 Å². The zero-order valence-electron chi connectivity index (χ0n) is 9.29. The van der Waals surface area contributed by atoms with Crippen LogP contribution in [0.3, 0.4) is 0 Å². The normalized spacial score (nSPS) is 11.2. The van der Waals surface area contributed by atoms with Crippen molar-refractivity contribution in [3.8, 4) is 11.3 Å². The zero-order valence-corrected chi connectivity index (χ0v) is 10.0. The second-order valence-corrected chi connectivity index (χ2v) is 4.20. The van der Waals surface area contributed by atoms with E-state index in [1.165, 1.54) is 0 Å². The minimum atomic E-state index is 0.394. The van der Waals surface area contributed by atoms with E-state index in [0.717, 1.165) is 33.9 Å². The number of halogens is 1. The fourth-order valence-corrected chi connectivity index (χ4v) is 2.02. The summed E-state index contributed by atoms with van der Waals surface area (Å²) >= 11 is 5.72. The fraction of sp³-hybridized carbons (Fsp3) is 0.167. The molecule has 3 rings (SSSR count). The van der Waals surface area contributed by atoms with Crippen LogP contribution in [0.1, 0.15) is 11.6 Å². The van der Waals surface area contributed by atoms with Gasteiger partial charge in [0, 0.05) is 5.56 Å². The highest BCUT2D eigenvalue weighted by atomic mass is 35.5. The molecule has 0 bridgehead atoms. The molecule has 5 heteroatoms. The molecule has 0 aliphatic carbocycles. The van der Waals surface area contributed by atoms with Gasteiger partial charge in [-0.3, -0.25) is 0 Å². The van der Waals surface area contributed by atoms with Crippen molar-refractivity contribution in [3.63, 3.8) is 0 Å². The first-order valence-corrected chi connectivity index (χ1v) is 5.86. The molecule has 2 N–H and O–H groups in total. The zero-order chi connectivity index (χ0) is 11.8. The Balaban J connectivity index is 2.10. The van der Waals surface area contributed by atoms with E-state index in [2.05, 4.69) is 26.0 Å². The number of H-pyrrole nitrogens is 2. The fourth-order valence-electron chi connectivity index (χ4n) is 1.88. The maximum absolute atomic E-state index is 5.72. The third-order valence-electron chi connectivity index (χ3n) is 2.67. The van der Waals surface area contributed by atoms with Gasteiger partial charge in [0.25, 0.3) is 0 Å². The molecule has 0 aliphatic heterocycles. The van der Waals surface area contributed by atoms with E-state index in [9.17, 15) is 0 Å². The summed E-state index contributed by atoms with van der Waals surface area (Å²) in [6, 6.07) is 6.07. The molecule has 86 valence electrons. The lowest BCUT2D eigenvalue weighted by atomic mass is 10.1. The highest BCUT2D eigenvalue weighted by Gasteiger charge is 2.05. The molecule has 3 aromatic rings. The van der Waals surface area contributed by atoms with Crippen LogP contribution in [-0.2, 0) is 5.88 Å². The molecule has 0 unspecified atom stereocenters. The van der Waals surface area contributed by atoms with Crippen molar-refractivity contribution in [1.82, 2.24) is 19.9 Å². The van der Waals surface area contributed by atoms with Gasteiger partial charge < -0.3 is 9.97 Å². The second kappa shape index (κ2) is 3.89. The van der Waals surface area contributed by atoms with Gasteiger partial charge in [-0.2, -0.15) is 0 Å². The summed E-state index contributed by atoms with van der Waals surface area (Å²) < 4.78 is 0. The van der Waals surface area contributed by atoms with E-state index in [1.54, 1.807) is 6.20 Å². The lowest BCUT2D eigenvalue weighted by Crippen LogP contribution is -1.81. The van der Waals surface area contributed by atoms with E-state index < -0.39 is 0 Å². The topological polar surface area (TPSA) is 57.4 Å².